The maximum Gasteiger partial charge on any atom is 0.227 e. The first-order valence-corrected chi connectivity index (χ1v) is 9.38. The number of benzene rings is 1. The van der Waals surface area contributed by atoms with Crippen LogP contribution in [0, 0.1) is 11.7 Å². The van der Waals surface area contributed by atoms with Crippen LogP contribution in [0.2, 0.25) is 0 Å². The van der Waals surface area contributed by atoms with E-state index in [0.29, 0.717) is 25.3 Å². The molecule has 1 fully saturated rings. The first-order valence-electron chi connectivity index (χ1n) is 9.38. The van der Waals surface area contributed by atoms with Crippen LogP contribution < -0.4 is 10.2 Å². The highest BCUT2D eigenvalue weighted by atomic mass is 19.1. The van der Waals surface area contributed by atoms with Crippen LogP contribution in [0.4, 0.5) is 10.1 Å². The van der Waals surface area contributed by atoms with E-state index in [1.165, 1.54) is 17.0 Å². The number of nitrogens with zero attached hydrogens (tertiary/aromatic N) is 4. The van der Waals surface area contributed by atoms with E-state index < -0.39 is 5.92 Å². The molecule has 1 unspecified atom stereocenters. The molecule has 0 aliphatic carbocycles. The first-order chi connectivity index (χ1) is 14.1. The molecule has 3 heterocycles. The number of carbonyl (C=O) groups excluding carboxylic acids is 2. The molecule has 1 aromatic carbocycles. The van der Waals surface area contributed by atoms with E-state index in [4.69, 9.17) is 0 Å². The van der Waals surface area contributed by atoms with Gasteiger partial charge in [0, 0.05) is 37.6 Å². The van der Waals surface area contributed by atoms with Gasteiger partial charge in [-0.2, -0.15) is 5.10 Å². The molecule has 0 bridgehead atoms. The third-order valence-electron chi connectivity index (χ3n) is 4.84. The van der Waals surface area contributed by atoms with Gasteiger partial charge in [0.2, 0.25) is 11.8 Å². The van der Waals surface area contributed by atoms with Crippen molar-refractivity contribution in [1.29, 1.82) is 0 Å². The number of aromatic nitrogens is 3. The average Bonchev–Trinajstić information content (AvgIpc) is 3.36. The molecular formula is C21H20FN5O2. The van der Waals surface area contributed by atoms with Gasteiger partial charge in [-0.3, -0.25) is 19.3 Å². The van der Waals surface area contributed by atoms with Crippen LogP contribution in [0.5, 0.6) is 0 Å². The van der Waals surface area contributed by atoms with Crippen molar-refractivity contribution in [3.8, 4) is 11.4 Å². The van der Waals surface area contributed by atoms with Gasteiger partial charge in [0.25, 0.3) is 0 Å². The molecule has 1 saturated heterocycles. The van der Waals surface area contributed by atoms with Crippen molar-refractivity contribution in [3.05, 3.63) is 66.7 Å². The van der Waals surface area contributed by atoms with Crippen LogP contribution in [0.1, 0.15) is 6.42 Å². The molecule has 1 aliphatic rings. The molecule has 0 radical (unpaired) electrons. The first kappa shape index (κ1) is 18.8. The third kappa shape index (κ3) is 4.31. The summed E-state index contributed by atoms with van der Waals surface area (Å²) in [5, 5.41) is 7.33. The minimum absolute atomic E-state index is 0.135. The minimum Gasteiger partial charge on any atom is -0.354 e. The fraction of sp³-hybridized carbons (Fsp3) is 0.238. The molecule has 0 spiro atoms. The van der Waals surface area contributed by atoms with Crippen LogP contribution in [-0.2, 0) is 16.1 Å². The second-order valence-corrected chi connectivity index (χ2v) is 6.85. The van der Waals surface area contributed by atoms with Crippen molar-refractivity contribution in [2.45, 2.75) is 13.0 Å². The summed E-state index contributed by atoms with van der Waals surface area (Å²) in [4.78, 5) is 30.5. The van der Waals surface area contributed by atoms with Crippen molar-refractivity contribution in [1.82, 2.24) is 20.1 Å². The number of anilines is 1. The van der Waals surface area contributed by atoms with Crippen molar-refractivity contribution in [2.24, 2.45) is 5.92 Å². The van der Waals surface area contributed by atoms with Gasteiger partial charge in [-0.25, -0.2) is 4.39 Å². The van der Waals surface area contributed by atoms with Gasteiger partial charge in [-0.1, -0.05) is 6.07 Å². The summed E-state index contributed by atoms with van der Waals surface area (Å²) in [6.07, 6.45) is 3.70. The lowest BCUT2D eigenvalue weighted by atomic mass is 10.1. The molecule has 7 nitrogen and oxygen atoms in total. The molecule has 1 N–H and O–H groups in total. The molecule has 4 rings (SSSR count). The number of hydrogen-bond acceptors (Lipinski definition) is 4. The summed E-state index contributed by atoms with van der Waals surface area (Å²) in [7, 11) is 0. The van der Waals surface area contributed by atoms with E-state index >= 15 is 0 Å². The Morgan fingerprint density at radius 1 is 1.14 bits per heavy atom. The number of rotatable bonds is 6. The maximum absolute atomic E-state index is 13.1. The van der Waals surface area contributed by atoms with E-state index in [-0.39, 0.29) is 24.1 Å². The molecule has 1 atom stereocenters. The number of halogens is 1. The number of carbonyl (C=O) groups is 2. The second kappa shape index (κ2) is 8.22. The highest BCUT2D eigenvalue weighted by Crippen LogP contribution is 2.25. The summed E-state index contributed by atoms with van der Waals surface area (Å²) >= 11 is 0. The van der Waals surface area contributed by atoms with E-state index in [9.17, 15) is 14.0 Å². The van der Waals surface area contributed by atoms with Crippen LogP contribution in [0.15, 0.2) is 60.9 Å². The minimum atomic E-state index is -0.422. The van der Waals surface area contributed by atoms with E-state index in [1.54, 1.807) is 23.0 Å². The molecule has 29 heavy (non-hydrogen) atoms. The Hall–Kier alpha value is -3.55. The molecule has 2 amide bonds. The fourth-order valence-electron chi connectivity index (χ4n) is 3.33. The fourth-order valence-corrected chi connectivity index (χ4v) is 3.33. The molecule has 0 saturated carbocycles. The SMILES string of the molecule is O=C(NCCn1ccc(-c2ccccn2)n1)C1CC(=O)N(c2ccc(F)cc2)C1. The lowest BCUT2D eigenvalue weighted by Crippen LogP contribution is -2.34. The largest absolute Gasteiger partial charge is 0.354 e. The third-order valence-corrected chi connectivity index (χ3v) is 4.84. The van der Waals surface area contributed by atoms with Crippen LogP contribution in [0.3, 0.4) is 0 Å². The van der Waals surface area contributed by atoms with Gasteiger partial charge < -0.3 is 10.2 Å². The molecule has 148 valence electrons. The lowest BCUT2D eigenvalue weighted by molar-refractivity contribution is -0.126. The zero-order valence-corrected chi connectivity index (χ0v) is 15.7. The summed E-state index contributed by atoms with van der Waals surface area (Å²) in [5.41, 5.74) is 2.17. The summed E-state index contributed by atoms with van der Waals surface area (Å²) < 4.78 is 14.8. The predicted molar refractivity (Wildman–Crippen MR) is 105 cm³/mol. The molecule has 8 heteroatoms. The molecular weight excluding hydrogens is 373 g/mol. The van der Waals surface area contributed by atoms with Crippen LogP contribution >= 0.6 is 0 Å². The van der Waals surface area contributed by atoms with Gasteiger partial charge in [0.1, 0.15) is 11.5 Å². The van der Waals surface area contributed by atoms with Crippen LogP contribution in [-0.4, -0.2) is 39.7 Å². The van der Waals surface area contributed by atoms with Gasteiger partial charge in [-0.15, -0.1) is 0 Å². The van der Waals surface area contributed by atoms with E-state index in [0.717, 1.165) is 11.4 Å². The van der Waals surface area contributed by atoms with Gasteiger partial charge in [-0.05, 0) is 42.5 Å². The predicted octanol–water partition coefficient (Wildman–Crippen LogP) is 2.25. The number of nitrogens with one attached hydrogen (secondary N) is 1. The highest BCUT2D eigenvalue weighted by Gasteiger charge is 2.34. The van der Waals surface area contributed by atoms with Crippen molar-refractivity contribution < 1.29 is 14.0 Å². The normalized spacial score (nSPS) is 16.2. The topological polar surface area (TPSA) is 80.1 Å². The Morgan fingerprint density at radius 3 is 2.72 bits per heavy atom. The van der Waals surface area contributed by atoms with E-state index in [2.05, 4.69) is 15.4 Å². The quantitative estimate of drug-likeness (QED) is 0.697. The van der Waals surface area contributed by atoms with E-state index in [1.807, 2.05) is 30.5 Å². The van der Waals surface area contributed by atoms with Crippen molar-refractivity contribution in [2.75, 3.05) is 18.0 Å². The van der Waals surface area contributed by atoms with Crippen molar-refractivity contribution in [3.63, 3.8) is 0 Å². The number of amides is 2. The zero-order chi connectivity index (χ0) is 20.2. The summed E-state index contributed by atoms with van der Waals surface area (Å²) in [6.45, 7) is 1.21. The Kier molecular flexibility index (Phi) is 5.33. The van der Waals surface area contributed by atoms with Crippen LogP contribution in [0.25, 0.3) is 11.4 Å². The monoisotopic (exact) mass is 393 g/mol. The second-order valence-electron chi connectivity index (χ2n) is 6.85. The lowest BCUT2D eigenvalue weighted by Gasteiger charge is -2.16. The molecule has 3 aromatic rings. The van der Waals surface area contributed by atoms with Gasteiger partial charge in [0.05, 0.1) is 18.2 Å². The van der Waals surface area contributed by atoms with Gasteiger partial charge in [0.15, 0.2) is 0 Å². The van der Waals surface area contributed by atoms with Crippen molar-refractivity contribution >= 4 is 17.5 Å². The van der Waals surface area contributed by atoms with Gasteiger partial charge >= 0.3 is 0 Å². The highest BCUT2D eigenvalue weighted by molar-refractivity contribution is 6.00. The average molecular weight is 393 g/mol. The standard InChI is InChI=1S/C21H20FN5O2/c22-16-4-6-17(7-5-16)27-14-15(13-20(27)28)21(29)24-10-12-26-11-8-19(25-26)18-3-1-2-9-23-18/h1-9,11,15H,10,12-14H2,(H,24,29). The molecule has 1 aliphatic heterocycles. The smallest absolute Gasteiger partial charge is 0.227 e. The summed E-state index contributed by atoms with van der Waals surface area (Å²) in [6, 6.07) is 13.2. The summed E-state index contributed by atoms with van der Waals surface area (Å²) in [5.74, 6) is -1.09. The Balaban J connectivity index is 1.29. The zero-order valence-electron chi connectivity index (χ0n) is 15.7. The Labute approximate surface area is 167 Å². The number of hydrogen-bond donors (Lipinski definition) is 1. The molecule has 2 aromatic heterocycles. The number of pyridine rings is 1. The Bertz CT molecular complexity index is 1000. The Morgan fingerprint density at radius 2 is 1.97 bits per heavy atom. The maximum atomic E-state index is 13.1.